The molecule has 1 aliphatic rings. The number of methoxy groups -OCH3 is 1. The Bertz CT molecular complexity index is 1020. The lowest BCUT2D eigenvalue weighted by atomic mass is 10.1. The molecule has 1 aromatic heterocycles. The highest BCUT2D eigenvalue weighted by Gasteiger charge is 2.27. The smallest absolute Gasteiger partial charge is 0.269 e. The molecule has 1 unspecified atom stereocenters. The zero-order chi connectivity index (χ0) is 19.7. The Balaban J connectivity index is 1.56. The fourth-order valence-corrected chi connectivity index (χ4v) is 3.32. The lowest BCUT2D eigenvalue weighted by molar-refractivity contribution is 0.0900. The number of nitrogens with zero attached hydrogens (tertiary/aromatic N) is 2. The van der Waals surface area contributed by atoms with Crippen LogP contribution in [0.4, 0.5) is 4.39 Å². The number of benzene rings is 2. The molecule has 0 saturated carbocycles. The molecule has 1 aliphatic heterocycles. The van der Waals surface area contributed by atoms with Gasteiger partial charge in [0.2, 0.25) is 0 Å². The summed E-state index contributed by atoms with van der Waals surface area (Å²) in [6.07, 6.45) is -0.233. The Morgan fingerprint density at radius 1 is 1.29 bits per heavy atom. The lowest BCUT2D eigenvalue weighted by Crippen LogP contribution is -2.45. The van der Waals surface area contributed by atoms with Crippen LogP contribution in [0.15, 0.2) is 48.5 Å². The number of carbonyl (C=O) groups is 1. The minimum Gasteiger partial charge on any atom is -0.497 e. The van der Waals surface area contributed by atoms with Gasteiger partial charge in [0.25, 0.3) is 5.91 Å². The van der Waals surface area contributed by atoms with E-state index in [1.54, 1.807) is 30.0 Å². The number of halogens is 2. The first-order valence-corrected chi connectivity index (χ1v) is 9.12. The van der Waals surface area contributed by atoms with Crippen LogP contribution in [0.25, 0.3) is 11.3 Å². The van der Waals surface area contributed by atoms with Crippen molar-refractivity contribution < 1.29 is 13.9 Å². The van der Waals surface area contributed by atoms with Crippen LogP contribution in [0.1, 0.15) is 22.2 Å². The van der Waals surface area contributed by atoms with Crippen molar-refractivity contribution in [1.82, 2.24) is 20.4 Å². The zero-order valence-electron chi connectivity index (χ0n) is 15.1. The van der Waals surface area contributed by atoms with Crippen LogP contribution in [-0.4, -0.2) is 29.3 Å². The second kappa shape index (κ2) is 7.61. The highest BCUT2D eigenvalue weighted by atomic mass is 35.5. The molecular formula is C20H18ClFN4O2. The van der Waals surface area contributed by atoms with E-state index < -0.39 is 5.82 Å². The van der Waals surface area contributed by atoms with Crippen LogP contribution < -0.4 is 15.4 Å². The van der Waals surface area contributed by atoms with E-state index >= 15 is 0 Å². The average Bonchev–Trinajstić information content (AvgIpc) is 3.17. The van der Waals surface area contributed by atoms with Gasteiger partial charge in [-0.05, 0) is 48.0 Å². The van der Waals surface area contributed by atoms with Crippen LogP contribution in [-0.2, 0) is 6.54 Å². The van der Waals surface area contributed by atoms with Crippen molar-refractivity contribution in [2.45, 2.75) is 12.7 Å². The second-order valence-electron chi connectivity index (χ2n) is 6.44. The number of ether oxygens (including phenoxy) is 1. The number of carbonyl (C=O) groups excluding carboxylic acids is 1. The summed E-state index contributed by atoms with van der Waals surface area (Å²) in [6, 6.07) is 13.8. The first-order valence-electron chi connectivity index (χ1n) is 8.74. The molecule has 1 amide bonds. The molecule has 8 heteroatoms. The maximum absolute atomic E-state index is 13.3. The van der Waals surface area contributed by atoms with Gasteiger partial charge in [-0.15, -0.1) is 0 Å². The topological polar surface area (TPSA) is 68.2 Å². The Hall–Kier alpha value is -2.90. The molecule has 6 nitrogen and oxygen atoms in total. The summed E-state index contributed by atoms with van der Waals surface area (Å²) in [6.45, 7) is 0.849. The van der Waals surface area contributed by atoms with E-state index in [0.29, 0.717) is 24.5 Å². The third kappa shape index (κ3) is 3.58. The van der Waals surface area contributed by atoms with Gasteiger partial charge in [-0.2, -0.15) is 5.10 Å². The van der Waals surface area contributed by atoms with Crippen LogP contribution in [0.3, 0.4) is 0 Å². The van der Waals surface area contributed by atoms with Gasteiger partial charge in [0.05, 0.1) is 24.4 Å². The van der Waals surface area contributed by atoms with Gasteiger partial charge in [-0.25, -0.2) is 9.07 Å². The molecule has 0 saturated heterocycles. The molecule has 2 aromatic carbocycles. The van der Waals surface area contributed by atoms with Gasteiger partial charge in [0.15, 0.2) is 0 Å². The summed E-state index contributed by atoms with van der Waals surface area (Å²) in [5, 5.41) is 10.9. The van der Waals surface area contributed by atoms with Crippen LogP contribution in [0.5, 0.6) is 5.75 Å². The van der Waals surface area contributed by atoms with Crippen LogP contribution in [0, 0.1) is 5.82 Å². The van der Waals surface area contributed by atoms with E-state index in [1.807, 2.05) is 24.3 Å². The number of fused-ring (bicyclic) bond motifs is 1. The molecule has 0 aliphatic carbocycles. The summed E-state index contributed by atoms with van der Waals surface area (Å²) < 4.78 is 20.2. The fraction of sp³-hybridized carbons (Fsp3) is 0.200. The minimum atomic E-state index is -0.450. The van der Waals surface area contributed by atoms with Gasteiger partial charge >= 0.3 is 0 Å². The largest absolute Gasteiger partial charge is 0.497 e. The monoisotopic (exact) mass is 400 g/mol. The molecule has 2 N–H and O–H groups in total. The van der Waals surface area contributed by atoms with E-state index in [2.05, 4.69) is 15.7 Å². The van der Waals surface area contributed by atoms with Gasteiger partial charge in [-0.1, -0.05) is 17.7 Å². The number of rotatable bonds is 5. The van der Waals surface area contributed by atoms with E-state index in [1.165, 1.54) is 6.07 Å². The lowest BCUT2D eigenvalue weighted by Gasteiger charge is -2.25. The van der Waals surface area contributed by atoms with Crippen molar-refractivity contribution >= 4 is 17.5 Å². The van der Waals surface area contributed by atoms with Gasteiger partial charge in [-0.3, -0.25) is 10.1 Å². The van der Waals surface area contributed by atoms with Crippen molar-refractivity contribution in [2.24, 2.45) is 0 Å². The van der Waals surface area contributed by atoms with E-state index in [-0.39, 0.29) is 17.1 Å². The molecule has 144 valence electrons. The predicted molar refractivity (Wildman–Crippen MR) is 104 cm³/mol. The molecule has 28 heavy (non-hydrogen) atoms. The second-order valence-corrected chi connectivity index (χ2v) is 6.85. The third-order valence-electron chi connectivity index (χ3n) is 4.63. The molecule has 0 spiro atoms. The molecule has 2 heterocycles. The highest BCUT2D eigenvalue weighted by Crippen LogP contribution is 2.25. The van der Waals surface area contributed by atoms with Crippen molar-refractivity contribution in [3.8, 4) is 17.0 Å². The Kier molecular flexibility index (Phi) is 5.02. The standard InChI is InChI=1S/C20H18ClFN4O2/c1-28-14-5-3-13(4-6-14)17-9-18-20(27)24-11-19(26(18)25-17)23-10-12-2-7-16(22)15(21)8-12/h2-9,19,23H,10-11H2,1H3,(H,24,27). The van der Waals surface area contributed by atoms with E-state index in [4.69, 9.17) is 16.3 Å². The zero-order valence-corrected chi connectivity index (χ0v) is 15.8. The van der Waals surface area contributed by atoms with Crippen molar-refractivity contribution in [3.05, 3.63) is 70.6 Å². The van der Waals surface area contributed by atoms with Gasteiger partial charge in [0.1, 0.15) is 23.4 Å². The molecular weight excluding hydrogens is 383 g/mol. The van der Waals surface area contributed by atoms with Crippen molar-refractivity contribution in [2.75, 3.05) is 13.7 Å². The molecule has 4 rings (SSSR count). The van der Waals surface area contributed by atoms with E-state index in [0.717, 1.165) is 16.9 Å². The molecule has 1 atom stereocenters. The number of aromatic nitrogens is 2. The van der Waals surface area contributed by atoms with Gasteiger partial charge < -0.3 is 10.1 Å². The summed E-state index contributed by atoms with van der Waals surface area (Å²) in [5.41, 5.74) is 2.91. The number of nitrogens with one attached hydrogen (secondary N) is 2. The summed E-state index contributed by atoms with van der Waals surface area (Å²) in [4.78, 5) is 12.3. The van der Waals surface area contributed by atoms with Crippen molar-refractivity contribution in [1.29, 1.82) is 0 Å². The maximum atomic E-state index is 13.3. The third-order valence-corrected chi connectivity index (χ3v) is 4.92. The molecule has 0 bridgehead atoms. The SMILES string of the molecule is COc1ccc(-c2cc3n(n2)C(NCc2ccc(F)c(Cl)c2)CNC3=O)cc1. The highest BCUT2D eigenvalue weighted by molar-refractivity contribution is 6.30. The number of amides is 1. The maximum Gasteiger partial charge on any atom is 0.269 e. The summed E-state index contributed by atoms with van der Waals surface area (Å²) >= 11 is 5.84. The summed E-state index contributed by atoms with van der Waals surface area (Å²) in [5.74, 6) is 0.131. The number of hydrogen-bond acceptors (Lipinski definition) is 4. The number of hydrogen-bond donors (Lipinski definition) is 2. The average molecular weight is 401 g/mol. The fourth-order valence-electron chi connectivity index (χ4n) is 3.11. The van der Waals surface area contributed by atoms with Crippen LogP contribution >= 0.6 is 11.6 Å². The van der Waals surface area contributed by atoms with Crippen molar-refractivity contribution in [3.63, 3.8) is 0 Å². The summed E-state index contributed by atoms with van der Waals surface area (Å²) in [7, 11) is 1.61. The first kappa shape index (κ1) is 18.5. The minimum absolute atomic E-state index is 0.0813. The first-order chi connectivity index (χ1) is 13.5. The quantitative estimate of drug-likeness (QED) is 0.689. The molecule has 0 fully saturated rings. The Morgan fingerprint density at radius 3 is 2.79 bits per heavy atom. The Morgan fingerprint density at radius 2 is 2.07 bits per heavy atom. The van der Waals surface area contributed by atoms with Crippen LogP contribution in [0.2, 0.25) is 5.02 Å². The Labute approximate surface area is 166 Å². The molecule has 3 aromatic rings. The molecule has 0 radical (unpaired) electrons. The van der Waals surface area contributed by atoms with Gasteiger partial charge in [0, 0.05) is 12.1 Å². The normalized spacial score (nSPS) is 15.8. The predicted octanol–water partition coefficient (Wildman–Crippen LogP) is 3.38. The van der Waals surface area contributed by atoms with E-state index in [9.17, 15) is 9.18 Å².